The molecule has 1 fully saturated rings. The Kier molecular flexibility index (Phi) is 4.97. The van der Waals surface area contributed by atoms with Gasteiger partial charge in [-0.3, -0.25) is 9.59 Å². The third-order valence-electron chi connectivity index (χ3n) is 5.62. The summed E-state index contributed by atoms with van der Waals surface area (Å²) in [7, 11) is 0. The van der Waals surface area contributed by atoms with Gasteiger partial charge in [-0.15, -0.1) is 0 Å². The lowest BCUT2D eigenvalue weighted by atomic mass is 10.0. The van der Waals surface area contributed by atoms with Gasteiger partial charge in [0, 0.05) is 25.1 Å². The summed E-state index contributed by atoms with van der Waals surface area (Å²) in [6.45, 7) is 2.43. The van der Waals surface area contributed by atoms with Crippen LogP contribution in [-0.2, 0) is 16.0 Å². The Morgan fingerprint density at radius 1 is 1.11 bits per heavy atom. The van der Waals surface area contributed by atoms with Crippen LogP contribution in [0.1, 0.15) is 61.3 Å². The number of benzene rings is 2. The van der Waals surface area contributed by atoms with Gasteiger partial charge in [-0.1, -0.05) is 42.5 Å². The molecule has 1 atom stereocenters. The minimum absolute atomic E-state index is 0.0235. The van der Waals surface area contributed by atoms with Crippen molar-refractivity contribution < 1.29 is 9.59 Å². The first-order chi connectivity index (χ1) is 13.1. The fourth-order valence-corrected chi connectivity index (χ4v) is 3.83. The molecule has 1 heterocycles. The van der Waals surface area contributed by atoms with Crippen LogP contribution in [0.4, 0.5) is 5.69 Å². The number of aryl methyl sites for hydroxylation is 1. The normalized spacial score (nSPS) is 17.4. The molecule has 2 amide bonds. The average molecular weight is 362 g/mol. The molecule has 1 saturated carbocycles. The van der Waals surface area contributed by atoms with Gasteiger partial charge in [0.2, 0.25) is 11.8 Å². The first-order valence-electron chi connectivity index (χ1n) is 9.89. The van der Waals surface area contributed by atoms with Crippen LogP contribution in [0.25, 0.3) is 0 Å². The SMILES string of the molecule is CC(NC(=O)CCN1C(=O)CCc2ccccc21)c1ccc(C2CC2)cc1. The molecule has 1 aliphatic heterocycles. The molecular formula is C23H26N2O2. The lowest BCUT2D eigenvalue weighted by Crippen LogP contribution is -2.38. The van der Waals surface area contributed by atoms with Gasteiger partial charge >= 0.3 is 0 Å². The van der Waals surface area contributed by atoms with E-state index >= 15 is 0 Å². The number of carbonyl (C=O) groups excluding carboxylic acids is 2. The zero-order valence-corrected chi connectivity index (χ0v) is 15.8. The second-order valence-electron chi connectivity index (χ2n) is 7.65. The number of fused-ring (bicyclic) bond motifs is 1. The Balaban J connectivity index is 1.33. The van der Waals surface area contributed by atoms with Crippen molar-refractivity contribution in [3.63, 3.8) is 0 Å². The lowest BCUT2D eigenvalue weighted by molar-refractivity contribution is -0.121. The third kappa shape index (κ3) is 4.05. The molecule has 0 saturated heterocycles. The van der Waals surface area contributed by atoms with Crippen LogP contribution in [0.3, 0.4) is 0 Å². The molecule has 0 spiro atoms. The molecule has 27 heavy (non-hydrogen) atoms. The highest BCUT2D eigenvalue weighted by Gasteiger charge is 2.25. The number of carbonyl (C=O) groups is 2. The predicted octanol–water partition coefficient (Wildman–Crippen LogP) is 4.11. The molecule has 4 rings (SSSR count). The van der Waals surface area contributed by atoms with Crippen LogP contribution in [0.2, 0.25) is 0 Å². The van der Waals surface area contributed by atoms with E-state index < -0.39 is 0 Å². The minimum Gasteiger partial charge on any atom is -0.350 e. The van der Waals surface area contributed by atoms with E-state index in [1.54, 1.807) is 4.90 Å². The van der Waals surface area contributed by atoms with Crippen LogP contribution < -0.4 is 10.2 Å². The Hall–Kier alpha value is -2.62. The van der Waals surface area contributed by atoms with Gasteiger partial charge in [0.25, 0.3) is 0 Å². The van der Waals surface area contributed by atoms with Crippen molar-refractivity contribution in [2.45, 2.75) is 51.0 Å². The Bertz CT molecular complexity index is 840. The molecule has 0 aromatic heterocycles. The van der Waals surface area contributed by atoms with Gasteiger partial charge < -0.3 is 10.2 Å². The van der Waals surface area contributed by atoms with Gasteiger partial charge in [0.1, 0.15) is 0 Å². The largest absolute Gasteiger partial charge is 0.350 e. The number of nitrogens with one attached hydrogen (secondary N) is 1. The number of para-hydroxylation sites is 1. The summed E-state index contributed by atoms with van der Waals surface area (Å²) < 4.78 is 0. The molecule has 2 aromatic rings. The van der Waals surface area contributed by atoms with E-state index in [-0.39, 0.29) is 17.9 Å². The van der Waals surface area contributed by atoms with E-state index in [9.17, 15) is 9.59 Å². The molecule has 4 heteroatoms. The molecule has 4 nitrogen and oxygen atoms in total. The lowest BCUT2D eigenvalue weighted by Gasteiger charge is -2.29. The van der Waals surface area contributed by atoms with Gasteiger partial charge in [-0.05, 0) is 54.9 Å². The van der Waals surface area contributed by atoms with Crippen molar-refractivity contribution in [2.75, 3.05) is 11.4 Å². The maximum Gasteiger partial charge on any atom is 0.227 e. The highest BCUT2D eigenvalue weighted by molar-refractivity contribution is 5.97. The summed E-state index contributed by atoms with van der Waals surface area (Å²) >= 11 is 0. The summed E-state index contributed by atoms with van der Waals surface area (Å²) in [5, 5.41) is 3.06. The van der Waals surface area contributed by atoms with Crippen molar-refractivity contribution >= 4 is 17.5 Å². The molecule has 2 aromatic carbocycles. The summed E-state index contributed by atoms with van der Waals surface area (Å²) in [5.41, 5.74) is 4.65. The summed E-state index contributed by atoms with van der Waals surface area (Å²) in [5.74, 6) is 0.823. The average Bonchev–Trinajstić information content (AvgIpc) is 3.52. The van der Waals surface area contributed by atoms with Crippen LogP contribution in [-0.4, -0.2) is 18.4 Å². The van der Waals surface area contributed by atoms with Gasteiger partial charge in [-0.25, -0.2) is 0 Å². The van der Waals surface area contributed by atoms with Crippen LogP contribution in [0.15, 0.2) is 48.5 Å². The molecular weight excluding hydrogens is 336 g/mol. The molecule has 2 aliphatic rings. The van der Waals surface area contributed by atoms with E-state index in [4.69, 9.17) is 0 Å². The van der Waals surface area contributed by atoms with Gasteiger partial charge in [0.05, 0.1) is 6.04 Å². The van der Waals surface area contributed by atoms with E-state index in [0.717, 1.165) is 23.6 Å². The van der Waals surface area contributed by atoms with Crippen molar-refractivity contribution in [1.82, 2.24) is 5.32 Å². The third-order valence-corrected chi connectivity index (χ3v) is 5.62. The number of rotatable bonds is 6. The predicted molar refractivity (Wildman–Crippen MR) is 107 cm³/mol. The van der Waals surface area contributed by atoms with E-state index in [2.05, 4.69) is 35.6 Å². The number of hydrogen-bond donors (Lipinski definition) is 1. The van der Waals surface area contributed by atoms with E-state index in [0.29, 0.717) is 19.4 Å². The van der Waals surface area contributed by atoms with E-state index in [1.807, 2.05) is 25.1 Å². The standard InChI is InChI=1S/C23H26N2O2/c1-16(17-6-8-18(9-7-17)19-10-11-19)24-22(26)14-15-25-21-5-3-2-4-20(21)12-13-23(25)27/h2-9,16,19H,10-15H2,1H3,(H,24,26). The maximum atomic E-state index is 12.4. The van der Waals surface area contributed by atoms with Gasteiger partial charge in [0.15, 0.2) is 0 Å². The minimum atomic E-state index is -0.0323. The summed E-state index contributed by atoms with van der Waals surface area (Å²) in [4.78, 5) is 26.5. The number of hydrogen-bond acceptors (Lipinski definition) is 2. The number of amides is 2. The van der Waals surface area contributed by atoms with Crippen LogP contribution >= 0.6 is 0 Å². The Morgan fingerprint density at radius 3 is 2.59 bits per heavy atom. The molecule has 1 N–H and O–H groups in total. The highest BCUT2D eigenvalue weighted by Crippen LogP contribution is 2.40. The van der Waals surface area contributed by atoms with Crippen molar-refractivity contribution in [2.24, 2.45) is 0 Å². The van der Waals surface area contributed by atoms with Crippen molar-refractivity contribution in [1.29, 1.82) is 0 Å². The monoisotopic (exact) mass is 362 g/mol. The first kappa shape index (κ1) is 17.8. The number of nitrogens with zero attached hydrogens (tertiary/aromatic N) is 1. The maximum absolute atomic E-state index is 12.4. The zero-order valence-electron chi connectivity index (χ0n) is 15.8. The Morgan fingerprint density at radius 2 is 1.85 bits per heavy atom. The topological polar surface area (TPSA) is 49.4 Å². The molecule has 1 unspecified atom stereocenters. The van der Waals surface area contributed by atoms with Crippen LogP contribution in [0.5, 0.6) is 0 Å². The smallest absolute Gasteiger partial charge is 0.227 e. The fourth-order valence-electron chi connectivity index (χ4n) is 3.83. The molecule has 0 radical (unpaired) electrons. The Labute approximate surface area is 160 Å². The van der Waals surface area contributed by atoms with Crippen LogP contribution in [0, 0.1) is 0 Å². The highest BCUT2D eigenvalue weighted by atomic mass is 16.2. The second-order valence-corrected chi connectivity index (χ2v) is 7.65. The number of anilines is 1. The fraction of sp³-hybridized carbons (Fsp3) is 0.391. The molecule has 1 aliphatic carbocycles. The van der Waals surface area contributed by atoms with E-state index in [1.165, 1.54) is 24.0 Å². The molecule has 0 bridgehead atoms. The van der Waals surface area contributed by atoms with Crippen molar-refractivity contribution in [3.05, 3.63) is 65.2 Å². The summed E-state index contributed by atoms with van der Waals surface area (Å²) in [6, 6.07) is 16.5. The van der Waals surface area contributed by atoms with Crippen molar-refractivity contribution in [3.8, 4) is 0 Å². The second kappa shape index (κ2) is 7.55. The molecule has 140 valence electrons. The zero-order chi connectivity index (χ0) is 18.8. The summed E-state index contributed by atoms with van der Waals surface area (Å²) in [6.07, 6.45) is 4.20. The quantitative estimate of drug-likeness (QED) is 0.841. The first-order valence-corrected chi connectivity index (χ1v) is 9.89. The van der Waals surface area contributed by atoms with Gasteiger partial charge in [-0.2, -0.15) is 0 Å².